The van der Waals surface area contributed by atoms with E-state index < -0.39 is 15.6 Å². The van der Waals surface area contributed by atoms with Crippen molar-refractivity contribution in [2.45, 2.75) is 17.0 Å². The first kappa shape index (κ1) is 20.3. The van der Waals surface area contributed by atoms with Crippen LogP contribution in [0, 0.1) is 0 Å². The highest BCUT2D eigenvalue weighted by Gasteiger charge is 2.44. The molecule has 9 heteroatoms. The first-order valence-electron chi connectivity index (χ1n) is 6.58. The summed E-state index contributed by atoms with van der Waals surface area (Å²) in [6.07, 6.45) is 0. The summed E-state index contributed by atoms with van der Waals surface area (Å²) in [6.45, 7) is 0. The Kier molecular flexibility index (Phi) is 7.59. The number of phenolic OH excluding ortho intramolecular Hbond substituents is 1. The fourth-order valence-corrected chi connectivity index (χ4v) is 2.55. The van der Waals surface area contributed by atoms with E-state index in [0.29, 0.717) is 5.75 Å². The Labute approximate surface area is 142 Å². The van der Waals surface area contributed by atoms with Crippen molar-refractivity contribution in [2.75, 3.05) is 0 Å². The molecule has 2 rings (SSSR count). The smallest absolute Gasteiger partial charge is 0.508 e. The van der Waals surface area contributed by atoms with Gasteiger partial charge < -0.3 is 5.11 Å². The highest BCUT2D eigenvalue weighted by atomic mass is 32.2. The van der Waals surface area contributed by atoms with Crippen molar-refractivity contribution in [3.8, 4) is 5.75 Å². The van der Waals surface area contributed by atoms with Crippen LogP contribution in [0.2, 0.25) is 0 Å². The fourth-order valence-electron chi connectivity index (χ4n) is 1.50. The second kappa shape index (κ2) is 8.95. The van der Waals surface area contributed by atoms with Crippen LogP contribution in [0.4, 0.5) is 13.2 Å². The fraction of sp³-hybridized carbons (Fsp3) is 0.200. The molecule has 0 aliphatic rings. The molecular weight excluding hydrogens is 365 g/mol. The molecule has 4 nitrogen and oxygen atoms in total. The number of benzene rings is 2. The van der Waals surface area contributed by atoms with E-state index in [1.165, 1.54) is 22.9 Å². The normalized spacial score (nSPS) is 11.5. The van der Waals surface area contributed by atoms with Crippen LogP contribution in [0.3, 0.4) is 0 Å². The van der Waals surface area contributed by atoms with Crippen LogP contribution in [0.1, 0.15) is 11.1 Å². The molecular formula is C15H16F3O4S2+. The van der Waals surface area contributed by atoms with Gasteiger partial charge in [0.1, 0.15) is 17.3 Å². The van der Waals surface area contributed by atoms with Crippen molar-refractivity contribution in [1.82, 2.24) is 0 Å². The summed E-state index contributed by atoms with van der Waals surface area (Å²) in [5, 5.41) is 9.16. The molecule has 0 fully saturated rings. The minimum Gasteiger partial charge on any atom is -0.508 e. The van der Waals surface area contributed by atoms with E-state index in [-0.39, 0.29) is 0 Å². The second-order valence-electron chi connectivity index (χ2n) is 4.61. The molecule has 2 aromatic rings. The monoisotopic (exact) mass is 381 g/mol. The lowest BCUT2D eigenvalue weighted by molar-refractivity contribution is -0.0510. The lowest BCUT2D eigenvalue weighted by atomic mass is 10.2. The minimum absolute atomic E-state index is 0.337. The summed E-state index contributed by atoms with van der Waals surface area (Å²) in [6, 6.07) is 18.0. The lowest BCUT2D eigenvalue weighted by Crippen LogP contribution is -2.21. The van der Waals surface area contributed by atoms with Crippen LogP contribution in [0.25, 0.3) is 0 Å². The molecule has 132 valence electrons. The van der Waals surface area contributed by atoms with Gasteiger partial charge in [0.05, 0.1) is 0 Å². The van der Waals surface area contributed by atoms with Crippen LogP contribution in [-0.4, -0.2) is 23.6 Å². The maximum absolute atomic E-state index is 10.7. The Bertz CT molecular complexity index is 715. The van der Waals surface area contributed by atoms with Crippen LogP contribution in [-0.2, 0) is 33.4 Å². The van der Waals surface area contributed by atoms with E-state index in [4.69, 9.17) is 18.1 Å². The van der Waals surface area contributed by atoms with Crippen molar-refractivity contribution in [3.63, 3.8) is 0 Å². The molecule has 2 aromatic carbocycles. The number of hydrogen-bond acceptors (Lipinski definition) is 3. The summed E-state index contributed by atoms with van der Waals surface area (Å²) >= 11 is 1.39. The molecule has 0 heterocycles. The number of alkyl halides is 3. The topological polar surface area (TPSA) is 74.6 Å². The zero-order valence-corrected chi connectivity index (χ0v) is 14.0. The van der Waals surface area contributed by atoms with E-state index in [1.807, 2.05) is 18.2 Å². The van der Waals surface area contributed by atoms with Gasteiger partial charge in [-0.2, -0.15) is 21.6 Å². The third kappa shape index (κ3) is 7.71. The quantitative estimate of drug-likeness (QED) is 0.369. The highest BCUT2D eigenvalue weighted by molar-refractivity contribution is 7.86. The molecule has 24 heavy (non-hydrogen) atoms. The molecule has 0 saturated heterocycles. The molecule has 0 aromatic heterocycles. The molecule has 0 aliphatic carbocycles. The van der Waals surface area contributed by atoms with Gasteiger partial charge in [-0.1, -0.05) is 42.5 Å². The zero-order chi connectivity index (χ0) is 18.2. The standard InChI is InChI=1S/C14H14OS.CHF3O3S/c15-14-8-6-13(7-9-14)11-16-10-12-4-2-1-3-5-12;2-1(3,4)8(5,6)7/h1-9,15H,10-11H2;(H,5,6,7)/p+1. The third-order valence-corrected chi connectivity index (χ3v) is 4.42. The molecule has 0 radical (unpaired) electrons. The van der Waals surface area contributed by atoms with E-state index in [9.17, 15) is 13.2 Å². The van der Waals surface area contributed by atoms with Crippen LogP contribution in [0.5, 0.6) is 5.75 Å². The van der Waals surface area contributed by atoms with E-state index in [1.54, 1.807) is 12.1 Å². The Balaban J connectivity index is 0.000000307. The maximum Gasteiger partial charge on any atom is 0.522 e. The summed E-state index contributed by atoms with van der Waals surface area (Å²) in [5.41, 5.74) is -2.88. The molecule has 0 atom stereocenters. The van der Waals surface area contributed by atoms with Crippen molar-refractivity contribution >= 4 is 21.9 Å². The number of hydrogen-bond donors (Lipinski definition) is 2. The van der Waals surface area contributed by atoms with Crippen LogP contribution >= 0.6 is 0 Å². The first-order chi connectivity index (χ1) is 11.1. The van der Waals surface area contributed by atoms with Gasteiger partial charge in [0.2, 0.25) is 0 Å². The number of aromatic hydroxyl groups is 1. The van der Waals surface area contributed by atoms with Gasteiger partial charge >= 0.3 is 15.6 Å². The SMILES string of the molecule is O=S(=O)(O)C(F)(F)F.Oc1ccc(C[SH+]Cc2ccccc2)cc1. The van der Waals surface area contributed by atoms with Gasteiger partial charge in [0, 0.05) is 11.1 Å². The van der Waals surface area contributed by atoms with Gasteiger partial charge in [-0.3, -0.25) is 4.55 Å². The van der Waals surface area contributed by atoms with Crippen LogP contribution < -0.4 is 0 Å². The summed E-state index contributed by atoms with van der Waals surface area (Å²) in [4.78, 5) is 0. The molecule has 0 aliphatic heterocycles. The van der Waals surface area contributed by atoms with E-state index in [2.05, 4.69) is 24.3 Å². The largest absolute Gasteiger partial charge is 0.522 e. The molecule has 0 saturated carbocycles. The van der Waals surface area contributed by atoms with Gasteiger partial charge in [0.25, 0.3) is 0 Å². The average molecular weight is 381 g/mol. The Morgan fingerprint density at radius 3 is 1.71 bits per heavy atom. The third-order valence-electron chi connectivity index (χ3n) is 2.66. The first-order valence-corrected chi connectivity index (χ1v) is 9.29. The zero-order valence-electron chi connectivity index (χ0n) is 12.3. The van der Waals surface area contributed by atoms with E-state index in [0.717, 1.165) is 11.5 Å². The maximum atomic E-state index is 10.7. The average Bonchev–Trinajstić information content (AvgIpc) is 2.49. The Morgan fingerprint density at radius 2 is 1.29 bits per heavy atom. The van der Waals surface area contributed by atoms with E-state index >= 15 is 0 Å². The molecule has 0 unspecified atom stereocenters. The molecule has 0 bridgehead atoms. The van der Waals surface area contributed by atoms with Gasteiger partial charge in [-0.15, -0.1) is 0 Å². The van der Waals surface area contributed by atoms with Gasteiger partial charge in [-0.05, 0) is 23.9 Å². The van der Waals surface area contributed by atoms with Crippen molar-refractivity contribution in [1.29, 1.82) is 0 Å². The predicted molar refractivity (Wildman–Crippen MR) is 88.3 cm³/mol. The number of rotatable bonds is 4. The molecule has 0 amide bonds. The number of halogens is 3. The Hall–Kier alpha value is -1.71. The summed E-state index contributed by atoms with van der Waals surface area (Å²) in [7, 11) is -5.84. The lowest BCUT2D eigenvalue weighted by Gasteiger charge is -1.97. The molecule has 0 spiro atoms. The van der Waals surface area contributed by atoms with Crippen molar-refractivity contribution in [3.05, 3.63) is 65.7 Å². The molecule has 2 N–H and O–H groups in total. The van der Waals surface area contributed by atoms with Gasteiger partial charge in [0.15, 0.2) is 0 Å². The van der Waals surface area contributed by atoms with Gasteiger partial charge in [-0.25, -0.2) is 0 Å². The highest BCUT2D eigenvalue weighted by Crippen LogP contribution is 2.20. The summed E-state index contributed by atoms with van der Waals surface area (Å²) in [5.74, 6) is 2.46. The van der Waals surface area contributed by atoms with Crippen molar-refractivity contribution in [2.24, 2.45) is 0 Å². The second-order valence-corrected chi connectivity index (χ2v) is 7.11. The number of thiol groups is 1. The number of phenols is 1. The predicted octanol–water partition coefficient (Wildman–Crippen LogP) is 3.30. The minimum atomic E-state index is -5.84. The Morgan fingerprint density at radius 1 is 0.875 bits per heavy atom. The van der Waals surface area contributed by atoms with Crippen molar-refractivity contribution < 1.29 is 31.2 Å². The summed E-state index contributed by atoms with van der Waals surface area (Å²) < 4.78 is 57.5. The van der Waals surface area contributed by atoms with Crippen LogP contribution in [0.15, 0.2) is 54.6 Å².